The first-order valence-corrected chi connectivity index (χ1v) is 13.8. The van der Waals surface area contributed by atoms with E-state index < -0.39 is 39.3 Å². The van der Waals surface area contributed by atoms with Gasteiger partial charge in [0, 0.05) is 30.5 Å². The Kier molecular flexibility index (Phi) is 5.60. The summed E-state index contributed by atoms with van der Waals surface area (Å²) in [7, 11) is -3.83. The summed E-state index contributed by atoms with van der Waals surface area (Å²) in [6, 6.07) is 17.2. The highest BCUT2D eigenvalue weighted by Crippen LogP contribution is 2.51. The molecule has 1 unspecified atom stereocenters. The number of pyridine rings is 1. The molecule has 2 heterocycles. The second-order valence-corrected chi connectivity index (χ2v) is 12.3. The maximum absolute atomic E-state index is 13.6. The molecule has 6 rings (SSSR count). The van der Waals surface area contributed by atoms with E-state index in [0.717, 1.165) is 18.4 Å². The predicted molar refractivity (Wildman–Crippen MR) is 132 cm³/mol. The lowest BCUT2D eigenvalue weighted by Crippen LogP contribution is -2.23. The molecule has 2 aromatic carbocycles. The van der Waals surface area contributed by atoms with Gasteiger partial charge in [-0.15, -0.1) is 0 Å². The summed E-state index contributed by atoms with van der Waals surface area (Å²) >= 11 is 0. The summed E-state index contributed by atoms with van der Waals surface area (Å²) in [6.45, 7) is 0.180. The largest absolute Gasteiger partial charge is 0.454 e. The molecule has 0 N–H and O–H groups in total. The van der Waals surface area contributed by atoms with E-state index in [1.165, 1.54) is 12.1 Å². The van der Waals surface area contributed by atoms with Crippen molar-refractivity contribution in [2.75, 3.05) is 6.79 Å². The molecule has 192 valence electrons. The van der Waals surface area contributed by atoms with E-state index in [9.17, 15) is 22.0 Å². The molecule has 37 heavy (non-hydrogen) atoms. The molecule has 2 aliphatic carbocycles. The van der Waals surface area contributed by atoms with Crippen molar-refractivity contribution in [3.63, 3.8) is 0 Å². The van der Waals surface area contributed by atoms with Crippen LogP contribution in [0.5, 0.6) is 11.5 Å². The molecule has 3 aliphatic rings. The normalized spacial score (nSPS) is 21.1. The fourth-order valence-electron chi connectivity index (χ4n) is 5.30. The van der Waals surface area contributed by atoms with Crippen molar-refractivity contribution in [1.82, 2.24) is 4.98 Å². The van der Waals surface area contributed by atoms with Crippen LogP contribution < -0.4 is 9.47 Å². The quantitative estimate of drug-likeness (QED) is 0.417. The molecule has 0 saturated heterocycles. The number of carbonyl (C=O) groups is 1. The first-order valence-electron chi connectivity index (χ1n) is 12.3. The molecule has 2 fully saturated rings. The summed E-state index contributed by atoms with van der Waals surface area (Å²) in [5.41, 5.74) is 2.30. The summed E-state index contributed by atoms with van der Waals surface area (Å²) in [5, 5.41) is -1.07. The van der Waals surface area contributed by atoms with Crippen LogP contribution in [-0.4, -0.2) is 37.2 Å². The van der Waals surface area contributed by atoms with E-state index in [1.54, 1.807) is 24.3 Å². The number of sulfone groups is 1. The number of benzene rings is 2. The maximum Gasteiger partial charge on any atom is 0.249 e. The zero-order valence-electron chi connectivity index (χ0n) is 20.0. The minimum Gasteiger partial charge on any atom is -0.454 e. The highest BCUT2D eigenvalue weighted by molar-refractivity contribution is 7.92. The van der Waals surface area contributed by atoms with Crippen molar-refractivity contribution in [3.05, 3.63) is 71.9 Å². The third kappa shape index (κ3) is 4.39. The van der Waals surface area contributed by atoms with E-state index in [0.29, 0.717) is 28.5 Å². The lowest BCUT2D eigenvalue weighted by molar-refractivity contribution is -0.120. The summed E-state index contributed by atoms with van der Waals surface area (Å²) < 4.78 is 63.6. The van der Waals surface area contributed by atoms with Gasteiger partial charge in [0.2, 0.25) is 12.7 Å². The zero-order chi connectivity index (χ0) is 25.8. The number of aromatic nitrogens is 1. The van der Waals surface area contributed by atoms with Crippen LogP contribution in [0.4, 0.5) is 8.78 Å². The number of rotatable bonds is 7. The van der Waals surface area contributed by atoms with Gasteiger partial charge in [0.25, 0.3) is 0 Å². The molecular formula is C28H25F2NO5S. The van der Waals surface area contributed by atoms with E-state index in [2.05, 4.69) is 4.98 Å². The van der Waals surface area contributed by atoms with Crippen LogP contribution in [0.25, 0.3) is 11.3 Å². The van der Waals surface area contributed by atoms with Crippen molar-refractivity contribution in [1.29, 1.82) is 0 Å². The maximum atomic E-state index is 13.6. The molecule has 1 aliphatic heterocycles. The zero-order valence-corrected chi connectivity index (χ0v) is 20.8. The lowest BCUT2D eigenvalue weighted by Gasteiger charge is -2.15. The monoisotopic (exact) mass is 525 g/mol. The van der Waals surface area contributed by atoms with Crippen molar-refractivity contribution >= 4 is 15.6 Å². The lowest BCUT2D eigenvalue weighted by atomic mass is 9.88. The molecule has 1 aromatic heterocycles. The van der Waals surface area contributed by atoms with Crippen molar-refractivity contribution in [2.24, 2.45) is 0 Å². The van der Waals surface area contributed by atoms with Gasteiger partial charge < -0.3 is 9.47 Å². The Balaban J connectivity index is 1.18. The molecule has 2 saturated carbocycles. The molecule has 1 atom stereocenters. The van der Waals surface area contributed by atoms with Crippen LogP contribution in [0.1, 0.15) is 43.4 Å². The van der Waals surface area contributed by atoms with Gasteiger partial charge in [0.15, 0.2) is 21.3 Å². The molecule has 3 aromatic rings. The number of hydrogen-bond donors (Lipinski definition) is 0. The topological polar surface area (TPSA) is 82.6 Å². The number of carbonyl (C=O) groups excluding carboxylic acids is 1. The van der Waals surface area contributed by atoms with Crippen LogP contribution >= 0.6 is 0 Å². The van der Waals surface area contributed by atoms with Crippen molar-refractivity contribution < 1.29 is 31.5 Å². The minimum atomic E-state index is -3.83. The first kappa shape index (κ1) is 24.0. The average molecular weight is 526 g/mol. The number of nitrogens with zero attached hydrogens (tertiary/aromatic N) is 1. The van der Waals surface area contributed by atoms with Gasteiger partial charge in [-0.05, 0) is 61.2 Å². The summed E-state index contributed by atoms with van der Waals surface area (Å²) in [5.74, 6) is -1.50. The van der Waals surface area contributed by atoms with Gasteiger partial charge in [-0.1, -0.05) is 24.3 Å². The summed E-state index contributed by atoms with van der Waals surface area (Å²) in [4.78, 5) is 18.0. The molecule has 0 amide bonds. The Morgan fingerprint density at radius 3 is 2.43 bits per heavy atom. The SMILES string of the molecule is O=C(Cc1cccc(-c2ccc(S(=O)(=O)C3CCC(F)(F)C3)cc2)n1)C1(c2ccc3c(c2)OCO3)CC1. The van der Waals surface area contributed by atoms with Gasteiger partial charge in [0.1, 0.15) is 5.78 Å². The van der Waals surface area contributed by atoms with Crippen LogP contribution in [0.2, 0.25) is 0 Å². The van der Waals surface area contributed by atoms with Crippen LogP contribution in [0, 0.1) is 0 Å². The third-order valence-corrected chi connectivity index (χ3v) is 9.84. The number of fused-ring (bicyclic) bond motifs is 1. The molecule has 6 nitrogen and oxygen atoms in total. The van der Waals surface area contributed by atoms with Crippen LogP contribution in [0.3, 0.4) is 0 Å². The van der Waals surface area contributed by atoms with Gasteiger partial charge in [-0.3, -0.25) is 9.78 Å². The van der Waals surface area contributed by atoms with Gasteiger partial charge in [0.05, 0.1) is 21.3 Å². The van der Waals surface area contributed by atoms with E-state index in [1.807, 2.05) is 24.3 Å². The number of hydrogen-bond acceptors (Lipinski definition) is 6. The molecule has 0 spiro atoms. The van der Waals surface area contributed by atoms with Gasteiger partial charge >= 0.3 is 0 Å². The predicted octanol–water partition coefficient (Wildman–Crippen LogP) is 5.28. The molecular weight excluding hydrogens is 500 g/mol. The van der Waals surface area contributed by atoms with E-state index in [-0.39, 0.29) is 30.3 Å². The Labute approximate surface area is 213 Å². The summed E-state index contributed by atoms with van der Waals surface area (Å²) in [6.07, 6.45) is 0.637. The average Bonchev–Trinajstić information content (AvgIpc) is 3.42. The Morgan fingerprint density at radius 2 is 1.73 bits per heavy atom. The number of alkyl halides is 2. The highest BCUT2D eigenvalue weighted by Gasteiger charge is 2.51. The highest BCUT2D eigenvalue weighted by atomic mass is 32.2. The Morgan fingerprint density at radius 1 is 0.973 bits per heavy atom. The van der Waals surface area contributed by atoms with Crippen LogP contribution in [0.15, 0.2) is 65.6 Å². The van der Waals surface area contributed by atoms with Crippen molar-refractivity contribution in [3.8, 4) is 22.8 Å². The minimum absolute atomic E-state index is 0.0321. The number of Topliss-reactive ketones (excluding diaryl/α,β-unsaturated/α-hetero) is 1. The van der Waals surface area contributed by atoms with E-state index >= 15 is 0 Å². The molecule has 0 bridgehead atoms. The standard InChI is InChI=1S/C28H25F2NO5S/c29-28(30)11-10-22(16-28)37(33,34)21-7-4-18(5-8-21)23-3-1-2-20(31-23)15-26(32)27(12-13-27)19-6-9-24-25(14-19)36-17-35-24/h1-9,14,22H,10-13,15-17H2. The second kappa shape index (κ2) is 8.62. The number of ether oxygens (including phenoxy) is 2. The second-order valence-electron chi connectivity index (χ2n) is 10.1. The Bertz CT molecular complexity index is 1480. The van der Waals surface area contributed by atoms with E-state index in [4.69, 9.17) is 9.47 Å². The number of ketones is 1. The molecule has 9 heteroatoms. The van der Waals surface area contributed by atoms with Crippen LogP contribution in [-0.2, 0) is 26.5 Å². The van der Waals surface area contributed by atoms with Gasteiger partial charge in [-0.25, -0.2) is 17.2 Å². The Hall–Kier alpha value is -3.33. The fourth-order valence-corrected chi connectivity index (χ4v) is 7.09. The smallest absolute Gasteiger partial charge is 0.249 e. The fraction of sp³-hybridized carbons (Fsp3) is 0.357. The van der Waals surface area contributed by atoms with Gasteiger partial charge in [-0.2, -0.15) is 0 Å². The molecule has 0 radical (unpaired) electrons. The van der Waals surface area contributed by atoms with Crippen molar-refractivity contribution in [2.45, 2.75) is 60.0 Å². The first-order chi connectivity index (χ1) is 17.7. The third-order valence-electron chi connectivity index (χ3n) is 7.63. The number of halogens is 2.